The highest BCUT2D eigenvalue weighted by Crippen LogP contribution is 2.15. The van der Waals surface area contributed by atoms with Crippen molar-refractivity contribution in [2.45, 2.75) is 123 Å². The van der Waals surface area contributed by atoms with Gasteiger partial charge in [-0.25, -0.2) is 0 Å². The summed E-state index contributed by atoms with van der Waals surface area (Å²) in [4.78, 5) is 6.87. The number of rotatable bonds is 17. The number of nitrogens with two attached hydrogens (primary N) is 1. The summed E-state index contributed by atoms with van der Waals surface area (Å²) >= 11 is 0. The Morgan fingerprint density at radius 1 is 0.800 bits per heavy atom. The molecule has 0 radical (unpaired) electrons. The quantitative estimate of drug-likeness (QED) is 0.314. The highest BCUT2D eigenvalue weighted by atomic mass is 15.3. The van der Waals surface area contributed by atoms with E-state index in [-0.39, 0.29) is 6.17 Å². The van der Waals surface area contributed by atoms with Crippen LogP contribution in [-0.2, 0) is 0 Å². The van der Waals surface area contributed by atoms with E-state index >= 15 is 0 Å². The van der Waals surface area contributed by atoms with Crippen LogP contribution in [-0.4, -0.2) is 30.0 Å². The molecule has 0 saturated heterocycles. The summed E-state index contributed by atoms with van der Waals surface area (Å²) in [5.74, 6) is 1.25. The van der Waals surface area contributed by atoms with Gasteiger partial charge in [0.1, 0.15) is 5.84 Å². The van der Waals surface area contributed by atoms with Crippen LogP contribution in [0, 0.1) is 0 Å². The molecule has 2 N–H and O–H groups in total. The zero-order valence-electron chi connectivity index (χ0n) is 17.3. The molecule has 0 bridgehead atoms. The van der Waals surface area contributed by atoms with Crippen LogP contribution >= 0.6 is 0 Å². The third-order valence-electron chi connectivity index (χ3n) is 5.46. The second-order valence-electron chi connectivity index (χ2n) is 7.93. The van der Waals surface area contributed by atoms with Gasteiger partial charge in [0.2, 0.25) is 0 Å². The standard InChI is InChI=1S/C22H45N3/c1-3-4-5-6-7-8-9-10-11-12-13-14-15-16-17-18-22-24-19-20-25(22)21(2)23/h21H,3-20,23H2,1-2H3. The Hall–Kier alpha value is -0.570. The van der Waals surface area contributed by atoms with Gasteiger partial charge in [-0.2, -0.15) is 0 Å². The average molecular weight is 352 g/mol. The fraction of sp³-hybridized carbons (Fsp3) is 0.955. The highest BCUT2D eigenvalue weighted by Gasteiger charge is 2.18. The van der Waals surface area contributed by atoms with Crippen LogP contribution in [0.4, 0.5) is 0 Å². The Kier molecular flexibility index (Phi) is 14.1. The van der Waals surface area contributed by atoms with Gasteiger partial charge in [-0.05, 0) is 13.3 Å². The van der Waals surface area contributed by atoms with Gasteiger partial charge in [-0.1, -0.05) is 96.8 Å². The van der Waals surface area contributed by atoms with E-state index in [1.807, 2.05) is 0 Å². The van der Waals surface area contributed by atoms with Crippen molar-refractivity contribution in [2.24, 2.45) is 10.7 Å². The van der Waals surface area contributed by atoms with E-state index in [0.717, 1.165) is 19.5 Å². The van der Waals surface area contributed by atoms with E-state index in [9.17, 15) is 0 Å². The molecule has 3 heteroatoms. The monoisotopic (exact) mass is 351 g/mol. The molecule has 1 rings (SSSR count). The van der Waals surface area contributed by atoms with Gasteiger partial charge >= 0.3 is 0 Å². The summed E-state index contributed by atoms with van der Waals surface area (Å²) in [6.07, 6.45) is 22.6. The predicted molar refractivity (Wildman–Crippen MR) is 112 cm³/mol. The Bertz CT molecular complexity index is 325. The third-order valence-corrected chi connectivity index (χ3v) is 5.46. The summed E-state index contributed by atoms with van der Waals surface area (Å²) in [6.45, 7) is 6.31. The van der Waals surface area contributed by atoms with Crippen molar-refractivity contribution < 1.29 is 0 Å². The first-order valence-electron chi connectivity index (χ1n) is 11.3. The van der Waals surface area contributed by atoms with Crippen molar-refractivity contribution in [3.05, 3.63) is 0 Å². The molecule has 1 aliphatic heterocycles. The van der Waals surface area contributed by atoms with Crippen LogP contribution in [0.1, 0.15) is 117 Å². The largest absolute Gasteiger partial charge is 0.343 e. The number of unbranched alkanes of at least 4 members (excludes halogenated alkanes) is 14. The topological polar surface area (TPSA) is 41.6 Å². The minimum Gasteiger partial charge on any atom is -0.343 e. The normalized spacial score (nSPS) is 15.6. The van der Waals surface area contributed by atoms with E-state index < -0.39 is 0 Å². The maximum Gasteiger partial charge on any atom is 0.100 e. The van der Waals surface area contributed by atoms with Crippen molar-refractivity contribution in [2.75, 3.05) is 13.1 Å². The van der Waals surface area contributed by atoms with Crippen LogP contribution in [0.3, 0.4) is 0 Å². The molecule has 0 amide bonds. The van der Waals surface area contributed by atoms with E-state index in [4.69, 9.17) is 5.73 Å². The van der Waals surface area contributed by atoms with Crippen LogP contribution < -0.4 is 5.73 Å². The van der Waals surface area contributed by atoms with Crippen molar-refractivity contribution >= 4 is 5.84 Å². The van der Waals surface area contributed by atoms with Crippen LogP contribution in [0.2, 0.25) is 0 Å². The lowest BCUT2D eigenvalue weighted by Crippen LogP contribution is -2.41. The molecule has 1 heterocycles. The van der Waals surface area contributed by atoms with Gasteiger partial charge in [0, 0.05) is 13.0 Å². The molecule has 1 aliphatic rings. The minimum absolute atomic E-state index is 0.123. The first kappa shape index (κ1) is 22.5. The van der Waals surface area contributed by atoms with Gasteiger partial charge in [0.05, 0.1) is 12.7 Å². The van der Waals surface area contributed by atoms with Gasteiger partial charge in [-0.3, -0.25) is 4.99 Å². The molecule has 0 aliphatic carbocycles. The van der Waals surface area contributed by atoms with Crippen molar-refractivity contribution in [1.82, 2.24) is 4.90 Å². The molecule has 0 fully saturated rings. The maximum atomic E-state index is 5.99. The maximum absolute atomic E-state index is 5.99. The predicted octanol–water partition coefficient (Wildman–Crippen LogP) is 6.27. The average Bonchev–Trinajstić information content (AvgIpc) is 3.07. The van der Waals surface area contributed by atoms with E-state index in [0.29, 0.717) is 0 Å². The molecule has 148 valence electrons. The molecular weight excluding hydrogens is 306 g/mol. The molecule has 25 heavy (non-hydrogen) atoms. The summed E-state index contributed by atoms with van der Waals surface area (Å²) in [7, 11) is 0. The summed E-state index contributed by atoms with van der Waals surface area (Å²) < 4.78 is 0. The number of amidine groups is 1. The SMILES string of the molecule is CCCCCCCCCCCCCCCCCC1=NCCN1C(C)N. The van der Waals surface area contributed by atoms with Gasteiger partial charge in [0.25, 0.3) is 0 Å². The summed E-state index contributed by atoms with van der Waals surface area (Å²) in [5, 5.41) is 0. The lowest BCUT2D eigenvalue weighted by Gasteiger charge is -2.24. The van der Waals surface area contributed by atoms with E-state index in [1.165, 1.54) is 102 Å². The molecule has 1 unspecified atom stereocenters. The molecule has 3 nitrogen and oxygen atoms in total. The minimum atomic E-state index is 0.123. The number of aliphatic imine (C=N–C) groups is 1. The van der Waals surface area contributed by atoms with Crippen molar-refractivity contribution in [3.8, 4) is 0 Å². The molecule has 0 aromatic rings. The van der Waals surface area contributed by atoms with Gasteiger partial charge < -0.3 is 10.6 Å². The Morgan fingerprint density at radius 2 is 1.24 bits per heavy atom. The van der Waals surface area contributed by atoms with E-state index in [1.54, 1.807) is 0 Å². The lowest BCUT2D eigenvalue weighted by atomic mass is 10.0. The van der Waals surface area contributed by atoms with Gasteiger partial charge in [0.15, 0.2) is 0 Å². The molecule has 1 atom stereocenters. The second-order valence-corrected chi connectivity index (χ2v) is 7.93. The first-order valence-corrected chi connectivity index (χ1v) is 11.3. The fourth-order valence-electron chi connectivity index (χ4n) is 3.82. The molecule has 0 aromatic heterocycles. The highest BCUT2D eigenvalue weighted by molar-refractivity contribution is 5.83. The third kappa shape index (κ3) is 11.6. The Balaban J connectivity index is 1.78. The fourth-order valence-corrected chi connectivity index (χ4v) is 3.82. The summed E-state index contributed by atoms with van der Waals surface area (Å²) in [6, 6.07) is 0. The van der Waals surface area contributed by atoms with E-state index in [2.05, 4.69) is 23.7 Å². The van der Waals surface area contributed by atoms with Crippen LogP contribution in [0.25, 0.3) is 0 Å². The van der Waals surface area contributed by atoms with Crippen LogP contribution in [0.15, 0.2) is 4.99 Å². The molecule has 0 aromatic carbocycles. The number of hydrogen-bond acceptors (Lipinski definition) is 3. The smallest absolute Gasteiger partial charge is 0.100 e. The van der Waals surface area contributed by atoms with Crippen molar-refractivity contribution in [1.29, 1.82) is 0 Å². The Labute approximate surface area is 157 Å². The zero-order valence-corrected chi connectivity index (χ0v) is 17.3. The van der Waals surface area contributed by atoms with Crippen LogP contribution in [0.5, 0.6) is 0 Å². The molecule has 0 saturated carbocycles. The first-order chi connectivity index (χ1) is 12.3. The van der Waals surface area contributed by atoms with Crippen molar-refractivity contribution in [3.63, 3.8) is 0 Å². The Morgan fingerprint density at radius 3 is 1.68 bits per heavy atom. The zero-order chi connectivity index (χ0) is 18.2. The summed E-state index contributed by atoms with van der Waals surface area (Å²) in [5.41, 5.74) is 5.99. The molecular formula is C22H45N3. The van der Waals surface area contributed by atoms with Gasteiger partial charge in [-0.15, -0.1) is 0 Å². The number of hydrogen-bond donors (Lipinski definition) is 1. The number of nitrogens with zero attached hydrogens (tertiary/aromatic N) is 2. The molecule has 0 spiro atoms. The second kappa shape index (κ2) is 15.7. The lowest BCUT2D eigenvalue weighted by molar-refractivity contribution is 0.358.